The van der Waals surface area contributed by atoms with Crippen LogP contribution in [0.25, 0.3) is 0 Å². The van der Waals surface area contributed by atoms with Crippen LogP contribution in [0.15, 0.2) is 24.3 Å². The van der Waals surface area contributed by atoms with Crippen molar-refractivity contribution in [2.24, 2.45) is 11.8 Å². The molecular weight excluding hydrogens is 242 g/mol. The first-order valence-electron chi connectivity index (χ1n) is 6.73. The standard InChI is InChI=1S/C15H21NO3/c1-10-6-11(2)9-16(8-10)14(15(18)19)12-4-3-5-13(17)7-12/h3-5,7,10-11,14,17H,6,8-9H2,1-2H3,(H,18,19). The zero-order chi connectivity index (χ0) is 14.0. The van der Waals surface area contributed by atoms with Gasteiger partial charge >= 0.3 is 5.97 Å². The van der Waals surface area contributed by atoms with E-state index in [-0.39, 0.29) is 5.75 Å². The number of rotatable bonds is 3. The lowest BCUT2D eigenvalue weighted by atomic mass is 9.89. The Morgan fingerprint density at radius 2 is 1.95 bits per heavy atom. The number of hydrogen-bond acceptors (Lipinski definition) is 3. The summed E-state index contributed by atoms with van der Waals surface area (Å²) in [5.41, 5.74) is 0.647. The number of hydrogen-bond donors (Lipinski definition) is 2. The van der Waals surface area contributed by atoms with Crippen molar-refractivity contribution in [2.75, 3.05) is 13.1 Å². The maximum atomic E-state index is 11.6. The van der Waals surface area contributed by atoms with Crippen LogP contribution >= 0.6 is 0 Å². The molecule has 104 valence electrons. The van der Waals surface area contributed by atoms with Crippen LogP contribution in [0.4, 0.5) is 0 Å². The van der Waals surface area contributed by atoms with Crippen molar-refractivity contribution in [3.05, 3.63) is 29.8 Å². The largest absolute Gasteiger partial charge is 0.508 e. The molecule has 0 aliphatic carbocycles. The van der Waals surface area contributed by atoms with Crippen molar-refractivity contribution in [3.8, 4) is 5.75 Å². The van der Waals surface area contributed by atoms with Crippen LogP contribution in [0.2, 0.25) is 0 Å². The van der Waals surface area contributed by atoms with E-state index in [1.807, 2.05) is 4.90 Å². The number of phenols is 1. The molecule has 0 aromatic heterocycles. The number of carboxylic acid groups (broad SMARTS) is 1. The Balaban J connectivity index is 2.27. The van der Waals surface area contributed by atoms with Crippen LogP contribution in [0.3, 0.4) is 0 Å². The predicted molar refractivity (Wildman–Crippen MR) is 73.0 cm³/mol. The summed E-state index contributed by atoms with van der Waals surface area (Å²) in [5.74, 6) is 0.263. The molecule has 3 unspecified atom stereocenters. The van der Waals surface area contributed by atoms with E-state index in [0.717, 1.165) is 19.5 Å². The molecule has 4 heteroatoms. The number of phenolic OH excluding ortho intramolecular Hbond substituents is 1. The molecule has 2 rings (SSSR count). The fourth-order valence-electron chi connectivity index (χ4n) is 3.13. The van der Waals surface area contributed by atoms with Gasteiger partial charge in [0.2, 0.25) is 0 Å². The maximum absolute atomic E-state index is 11.6. The second kappa shape index (κ2) is 5.61. The van der Waals surface area contributed by atoms with Gasteiger partial charge < -0.3 is 10.2 Å². The summed E-state index contributed by atoms with van der Waals surface area (Å²) in [5, 5.41) is 19.1. The van der Waals surface area contributed by atoms with E-state index in [1.165, 1.54) is 0 Å². The monoisotopic (exact) mass is 263 g/mol. The lowest BCUT2D eigenvalue weighted by Gasteiger charge is -2.38. The van der Waals surface area contributed by atoms with Crippen molar-refractivity contribution < 1.29 is 15.0 Å². The summed E-state index contributed by atoms with van der Waals surface area (Å²) in [4.78, 5) is 13.6. The van der Waals surface area contributed by atoms with E-state index >= 15 is 0 Å². The van der Waals surface area contributed by atoms with Gasteiger partial charge in [0.15, 0.2) is 0 Å². The molecule has 1 aliphatic heterocycles. The Labute approximate surface area is 113 Å². The van der Waals surface area contributed by atoms with Crippen molar-refractivity contribution in [1.82, 2.24) is 4.90 Å². The third-order valence-corrected chi connectivity index (χ3v) is 3.68. The molecule has 3 atom stereocenters. The molecule has 1 saturated heterocycles. The zero-order valence-corrected chi connectivity index (χ0v) is 11.4. The van der Waals surface area contributed by atoms with Crippen LogP contribution in [0.1, 0.15) is 31.9 Å². The SMILES string of the molecule is CC1CC(C)CN(C(C(=O)O)c2cccc(O)c2)C1. The van der Waals surface area contributed by atoms with Gasteiger partial charge in [0, 0.05) is 13.1 Å². The number of benzene rings is 1. The molecule has 0 amide bonds. The summed E-state index contributed by atoms with van der Waals surface area (Å²) in [7, 11) is 0. The summed E-state index contributed by atoms with van der Waals surface area (Å²) >= 11 is 0. The second-order valence-electron chi connectivity index (χ2n) is 5.74. The second-order valence-corrected chi connectivity index (χ2v) is 5.74. The molecule has 1 fully saturated rings. The number of carbonyl (C=O) groups is 1. The first kappa shape index (κ1) is 13.9. The molecule has 1 aromatic carbocycles. The third kappa shape index (κ3) is 3.26. The number of carboxylic acids is 1. The van der Waals surface area contributed by atoms with Gasteiger partial charge in [0.05, 0.1) is 0 Å². The normalized spacial score (nSPS) is 26.0. The highest BCUT2D eigenvalue weighted by Crippen LogP contribution is 2.30. The highest BCUT2D eigenvalue weighted by atomic mass is 16.4. The average molecular weight is 263 g/mol. The van der Waals surface area contributed by atoms with Crippen molar-refractivity contribution >= 4 is 5.97 Å². The Kier molecular flexibility index (Phi) is 4.10. The van der Waals surface area contributed by atoms with E-state index in [9.17, 15) is 15.0 Å². The minimum atomic E-state index is -0.855. The van der Waals surface area contributed by atoms with Crippen molar-refractivity contribution in [2.45, 2.75) is 26.3 Å². The molecule has 0 radical (unpaired) electrons. The average Bonchev–Trinajstić information content (AvgIpc) is 2.27. The minimum absolute atomic E-state index is 0.113. The summed E-state index contributed by atoms with van der Waals surface area (Å²) in [6.07, 6.45) is 1.14. The van der Waals surface area contributed by atoms with E-state index in [2.05, 4.69) is 13.8 Å². The molecule has 0 spiro atoms. The Morgan fingerprint density at radius 1 is 1.32 bits per heavy atom. The lowest BCUT2D eigenvalue weighted by Crippen LogP contribution is -2.43. The molecule has 19 heavy (non-hydrogen) atoms. The van der Waals surface area contributed by atoms with Gasteiger partial charge in [0.1, 0.15) is 11.8 Å². The van der Waals surface area contributed by atoms with Gasteiger partial charge in [-0.3, -0.25) is 9.69 Å². The first-order chi connectivity index (χ1) is 8.97. The van der Waals surface area contributed by atoms with Crippen LogP contribution in [-0.4, -0.2) is 34.2 Å². The molecule has 2 N–H and O–H groups in total. The molecule has 1 aliphatic rings. The summed E-state index contributed by atoms with van der Waals surface area (Å²) in [6, 6.07) is 5.89. The van der Waals surface area contributed by atoms with Gasteiger partial charge in [0.25, 0.3) is 0 Å². The molecule has 4 nitrogen and oxygen atoms in total. The smallest absolute Gasteiger partial charge is 0.325 e. The lowest BCUT2D eigenvalue weighted by molar-refractivity contribution is -0.144. The number of piperidine rings is 1. The molecular formula is C15H21NO3. The van der Waals surface area contributed by atoms with E-state index < -0.39 is 12.0 Å². The molecule has 0 bridgehead atoms. The highest BCUT2D eigenvalue weighted by Gasteiger charge is 2.32. The van der Waals surface area contributed by atoms with Crippen molar-refractivity contribution in [1.29, 1.82) is 0 Å². The van der Waals surface area contributed by atoms with Crippen LogP contribution in [-0.2, 0) is 4.79 Å². The molecule has 1 aromatic rings. The van der Waals surface area contributed by atoms with Crippen molar-refractivity contribution in [3.63, 3.8) is 0 Å². The Bertz CT molecular complexity index is 450. The zero-order valence-electron chi connectivity index (χ0n) is 11.4. The fourth-order valence-corrected chi connectivity index (χ4v) is 3.13. The number of likely N-dealkylation sites (tertiary alicyclic amines) is 1. The topological polar surface area (TPSA) is 60.8 Å². The first-order valence-corrected chi connectivity index (χ1v) is 6.73. The Morgan fingerprint density at radius 3 is 2.47 bits per heavy atom. The maximum Gasteiger partial charge on any atom is 0.325 e. The number of aromatic hydroxyl groups is 1. The fraction of sp³-hybridized carbons (Fsp3) is 0.533. The highest BCUT2D eigenvalue weighted by molar-refractivity contribution is 5.75. The number of nitrogens with zero attached hydrogens (tertiary/aromatic N) is 1. The van der Waals surface area contributed by atoms with E-state index in [4.69, 9.17) is 0 Å². The van der Waals surface area contributed by atoms with Crippen LogP contribution in [0, 0.1) is 11.8 Å². The number of aliphatic carboxylic acids is 1. The summed E-state index contributed by atoms with van der Waals surface area (Å²) < 4.78 is 0. The van der Waals surface area contributed by atoms with Gasteiger partial charge in [-0.25, -0.2) is 0 Å². The minimum Gasteiger partial charge on any atom is -0.508 e. The van der Waals surface area contributed by atoms with Gasteiger partial charge in [-0.15, -0.1) is 0 Å². The van der Waals surface area contributed by atoms with Gasteiger partial charge in [-0.1, -0.05) is 26.0 Å². The molecule has 1 heterocycles. The van der Waals surface area contributed by atoms with E-state index in [0.29, 0.717) is 17.4 Å². The predicted octanol–water partition coefficient (Wildman–Crippen LogP) is 2.50. The van der Waals surface area contributed by atoms with Crippen LogP contribution in [0.5, 0.6) is 5.75 Å². The van der Waals surface area contributed by atoms with E-state index in [1.54, 1.807) is 24.3 Å². The third-order valence-electron chi connectivity index (χ3n) is 3.68. The van der Waals surface area contributed by atoms with Gasteiger partial charge in [-0.2, -0.15) is 0 Å². The van der Waals surface area contributed by atoms with Crippen LogP contribution < -0.4 is 0 Å². The summed E-state index contributed by atoms with van der Waals surface area (Å²) in [6.45, 7) is 5.89. The Hall–Kier alpha value is -1.55. The molecule has 0 saturated carbocycles. The van der Waals surface area contributed by atoms with Gasteiger partial charge in [-0.05, 0) is 36.0 Å². The quantitative estimate of drug-likeness (QED) is 0.879.